The second kappa shape index (κ2) is 5.43. The molecule has 0 unspecified atom stereocenters. The van der Waals surface area contributed by atoms with Crippen LogP contribution >= 0.6 is 23.4 Å². The Morgan fingerprint density at radius 1 is 1.21 bits per heavy atom. The van der Waals surface area contributed by atoms with E-state index in [9.17, 15) is 4.79 Å². The lowest BCUT2D eigenvalue weighted by molar-refractivity contribution is -0.137. The first kappa shape index (κ1) is 14.2. The van der Waals surface area contributed by atoms with Gasteiger partial charge >= 0.3 is 5.97 Å². The van der Waals surface area contributed by atoms with Crippen molar-refractivity contribution in [3.8, 4) is 0 Å². The highest BCUT2D eigenvalue weighted by Gasteiger charge is 2.23. The quantitative estimate of drug-likeness (QED) is 0.820. The first-order chi connectivity index (χ1) is 8.85. The zero-order chi connectivity index (χ0) is 14.0. The highest BCUT2D eigenvalue weighted by molar-refractivity contribution is 8.00. The van der Waals surface area contributed by atoms with Crippen LogP contribution in [0.1, 0.15) is 20.3 Å². The number of fused-ring (bicyclic) bond motifs is 1. The fourth-order valence-electron chi connectivity index (χ4n) is 1.98. The van der Waals surface area contributed by atoms with E-state index < -0.39 is 5.97 Å². The average Bonchev–Trinajstić information content (AvgIpc) is 2.27. The van der Waals surface area contributed by atoms with E-state index in [2.05, 4.69) is 6.07 Å². The summed E-state index contributed by atoms with van der Waals surface area (Å²) in [6.45, 7) is 3.88. The third kappa shape index (κ3) is 3.88. The molecule has 0 bridgehead atoms. The Balaban J connectivity index is 2.26. The molecule has 0 atom stereocenters. The molecule has 2 aromatic carbocycles. The van der Waals surface area contributed by atoms with Gasteiger partial charge < -0.3 is 5.11 Å². The summed E-state index contributed by atoms with van der Waals surface area (Å²) in [5, 5.41) is 11.8. The molecule has 0 saturated carbocycles. The maximum absolute atomic E-state index is 10.8. The second-order valence-electron chi connectivity index (χ2n) is 5.09. The standard InChI is InChI=1S/C15H15ClO2S/c1-15(2,9-14(17)18)19-13-6-4-10-7-12(16)5-3-11(10)8-13/h3-8H,9H2,1-2H3,(H,17,18). The van der Waals surface area contributed by atoms with Gasteiger partial charge in [0, 0.05) is 14.7 Å². The molecule has 0 radical (unpaired) electrons. The third-order valence-electron chi connectivity index (χ3n) is 2.74. The van der Waals surface area contributed by atoms with Crippen LogP contribution in [0.25, 0.3) is 10.8 Å². The fourth-order valence-corrected chi connectivity index (χ4v) is 3.31. The minimum atomic E-state index is -0.773. The van der Waals surface area contributed by atoms with E-state index in [1.54, 1.807) is 11.8 Å². The van der Waals surface area contributed by atoms with E-state index >= 15 is 0 Å². The number of rotatable bonds is 4. The van der Waals surface area contributed by atoms with Gasteiger partial charge in [-0.15, -0.1) is 11.8 Å². The summed E-state index contributed by atoms with van der Waals surface area (Å²) < 4.78 is -0.327. The van der Waals surface area contributed by atoms with Crippen LogP contribution in [0.3, 0.4) is 0 Å². The number of thioether (sulfide) groups is 1. The fraction of sp³-hybridized carbons (Fsp3) is 0.267. The van der Waals surface area contributed by atoms with Crippen LogP contribution in [0.4, 0.5) is 0 Å². The Hall–Kier alpha value is -1.19. The SMILES string of the molecule is CC(C)(CC(=O)O)Sc1ccc2cc(Cl)ccc2c1. The summed E-state index contributed by atoms with van der Waals surface area (Å²) >= 11 is 7.53. The van der Waals surface area contributed by atoms with E-state index in [1.165, 1.54) is 0 Å². The van der Waals surface area contributed by atoms with Crippen molar-refractivity contribution in [1.29, 1.82) is 0 Å². The molecule has 0 fully saturated rings. The van der Waals surface area contributed by atoms with Crippen molar-refractivity contribution in [3.05, 3.63) is 41.4 Å². The van der Waals surface area contributed by atoms with E-state index in [1.807, 2.05) is 44.2 Å². The molecule has 19 heavy (non-hydrogen) atoms. The van der Waals surface area contributed by atoms with Gasteiger partial charge in [-0.1, -0.05) is 23.7 Å². The van der Waals surface area contributed by atoms with Gasteiger partial charge in [-0.2, -0.15) is 0 Å². The lowest BCUT2D eigenvalue weighted by Gasteiger charge is -2.21. The molecule has 0 aliphatic heterocycles. The zero-order valence-electron chi connectivity index (χ0n) is 10.8. The number of benzene rings is 2. The van der Waals surface area contributed by atoms with Crippen LogP contribution in [0.5, 0.6) is 0 Å². The molecule has 0 aliphatic rings. The summed E-state index contributed by atoms with van der Waals surface area (Å²) in [6.07, 6.45) is 0.135. The maximum atomic E-state index is 10.8. The summed E-state index contributed by atoms with van der Waals surface area (Å²) in [6, 6.07) is 11.9. The van der Waals surface area contributed by atoms with Crippen molar-refractivity contribution < 1.29 is 9.90 Å². The van der Waals surface area contributed by atoms with Crippen molar-refractivity contribution >= 4 is 40.1 Å². The predicted molar refractivity (Wildman–Crippen MR) is 81.1 cm³/mol. The minimum Gasteiger partial charge on any atom is -0.481 e. The van der Waals surface area contributed by atoms with Crippen molar-refractivity contribution in [1.82, 2.24) is 0 Å². The molecule has 4 heteroatoms. The number of hydrogen-bond donors (Lipinski definition) is 1. The summed E-state index contributed by atoms with van der Waals surface area (Å²) in [5.74, 6) is -0.773. The van der Waals surface area contributed by atoms with E-state index in [-0.39, 0.29) is 11.2 Å². The Labute approximate surface area is 121 Å². The molecular weight excluding hydrogens is 280 g/mol. The van der Waals surface area contributed by atoms with Gasteiger partial charge in [0.25, 0.3) is 0 Å². The smallest absolute Gasteiger partial charge is 0.304 e. The lowest BCUT2D eigenvalue weighted by atomic mass is 10.1. The molecule has 0 saturated heterocycles. The lowest BCUT2D eigenvalue weighted by Crippen LogP contribution is -2.19. The van der Waals surface area contributed by atoms with Crippen molar-refractivity contribution in [2.45, 2.75) is 29.9 Å². The minimum absolute atomic E-state index is 0.135. The first-order valence-corrected chi connectivity index (χ1v) is 7.15. The molecular formula is C15H15ClO2S. The Bertz CT molecular complexity index is 623. The zero-order valence-corrected chi connectivity index (χ0v) is 12.4. The largest absolute Gasteiger partial charge is 0.481 e. The van der Waals surface area contributed by atoms with E-state index in [0.29, 0.717) is 0 Å². The Kier molecular flexibility index (Phi) is 4.07. The number of halogens is 1. The molecule has 2 aromatic rings. The molecule has 0 aliphatic carbocycles. The molecule has 2 nitrogen and oxygen atoms in total. The van der Waals surface area contributed by atoms with Crippen molar-refractivity contribution in [3.63, 3.8) is 0 Å². The number of aliphatic carboxylic acids is 1. The monoisotopic (exact) mass is 294 g/mol. The number of carbonyl (C=O) groups is 1. The molecule has 0 aromatic heterocycles. The van der Waals surface area contributed by atoms with Crippen LogP contribution in [-0.4, -0.2) is 15.8 Å². The molecule has 1 N–H and O–H groups in total. The van der Waals surface area contributed by atoms with Gasteiger partial charge in [0.2, 0.25) is 0 Å². The van der Waals surface area contributed by atoms with Crippen LogP contribution in [0.2, 0.25) is 5.02 Å². The second-order valence-corrected chi connectivity index (χ2v) is 7.30. The van der Waals surface area contributed by atoms with E-state index in [0.717, 1.165) is 20.7 Å². The Morgan fingerprint density at radius 3 is 2.53 bits per heavy atom. The molecule has 0 amide bonds. The summed E-state index contributed by atoms with van der Waals surface area (Å²) in [4.78, 5) is 11.9. The van der Waals surface area contributed by atoms with Crippen molar-refractivity contribution in [2.24, 2.45) is 0 Å². The normalized spacial score (nSPS) is 11.7. The molecule has 100 valence electrons. The van der Waals surface area contributed by atoms with Gasteiger partial charge in [0.05, 0.1) is 6.42 Å². The van der Waals surface area contributed by atoms with Crippen LogP contribution < -0.4 is 0 Å². The highest BCUT2D eigenvalue weighted by Crippen LogP contribution is 2.36. The van der Waals surface area contributed by atoms with Crippen LogP contribution in [-0.2, 0) is 4.79 Å². The van der Waals surface area contributed by atoms with Crippen LogP contribution in [0, 0.1) is 0 Å². The predicted octanol–water partition coefficient (Wildman–Crippen LogP) is 4.84. The number of carboxylic acids is 1. The first-order valence-electron chi connectivity index (χ1n) is 5.96. The summed E-state index contributed by atoms with van der Waals surface area (Å²) in [5.41, 5.74) is 0. The molecule has 0 spiro atoms. The van der Waals surface area contributed by atoms with Gasteiger partial charge in [0.15, 0.2) is 0 Å². The average molecular weight is 295 g/mol. The highest BCUT2D eigenvalue weighted by atomic mass is 35.5. The molecule has 2 rings (SSSR count). The maximum Gasteiger partial charge on any atom is 0.304 e. The van der Waals surface area contributed by atoms with Gasteiger partial charge in [0.1, 0.15) is 0 Å². The van der Waals surface area contributed by atoms with Crippen LogP contribution in [0.15, 0.2) is 41.3 Å². The number of carboxylic acid groups (broad SMARTS) is 1. The third-order valence-corrected chi connectivity index (χ3v) is 4.17. The Morgan fingerprint density at radius 2 is 1.84 bits per heavy atom. The van der Waals surface area contributed by atoms with Gasteiger partial charge in [-0.25, -0.2) is 0 Å². The number of hydrogen-bond acceptors (Lipinski definition) is 2. The summed E-state index contributed by atoms with van der Waals surface area (Å²) in [7, 11) is 0. The van der Waals surface area contributed by atoms with Gasteiger partial charge in [-0.3, -0.25) is 4.79 Å². The van der Waals surface area contributed by atoms with Crippen molar-refractivity contribution in [2.75, 3.05) is 0 Å². The van der Waals surface area contributed by atoms with E-state index in [4.69, 9.17) is 16.7 Å². The van der Waals surface area contributed by atoms with Gasteiger partial charge in [-0.05, 0) is 48.9 Å². The molecule has 0 heterocycles. The topological polar surface area (TPSA) is 37.3 Å².